The van der Waals surface area contributed by atoms with Crippen LogP contribution in [-0.4, -0.2) is 31.5 Å². The number of halogens is 1. The first kappa shape index (κ1) is 20.7. The SMILES string of the molecule is CN=C(NCCC(=O)NC(C)C)NCc1ccccc1C.I. The Balaban J connectivity index is 0.00000441. The summed E-state index contributed by atoms with van der Waals surface area (Å²) in [5.41, 5.74) is 2.48. The quantitative estimate of drug-likeness (QED) is 0.377. The second-order valence-corrected chi connectivity index (χ2v) is 5.25. The molecule has 0 aliphatic rings. The average molecular weight is 418 g/mol. The van der Waals surface area contributed by atoms with Crippen molar-refractivity contribution >= 4 is 35.8 Å². The van der Waals surface area contributed by atoms with E-state index in [0.717, 1.165) is 0 Å². The van der Waals surface area contributed by atoms with E-state index >= 15 is 0 Å². The van der Waals surface area contributed by atoms with Crippen LogP contribution >= 0.6 is 24.0 Å². The van der Waals surface area contributed by atoms with E-state index in [4.69, 9.17) is 0 Å². The normalized spacial score (nSPS) is 10.9. The maximum Gasteiger partial charge on any atom is 0.221 e. The van der Waals surface area contributed by atoms with Gasteiger partial charge in [0.1, 0.15) is 0 Å². The van der Waals surface area contributed by atoms with E-state index in [-0.39, 0.29) is 35.9 Å². The maximum absolute atomic E-state index is 11.5. The van der Waals surface area contributed by atoms with Gasteiger partial charge in [-0.2, -0.15) is 0 Å². The van der Waals surface area contributed by atoms with Crippen molar-refractivity contribution in [2.75, 3.05) is 13.6 Å². The molecule has 5 nitrogen and oxygen atoms in total. The lowest BCUT2D eigenvalue weighted by atomic mass is 10.1. The molecule has 0 aromatic heterocycles. The topological polar surface area (TPSA) is 65.5 Å². The number of benzene rings is 1. The van der Waals surface area contributed by atoms with Gasteiger partial charge in [0.2, 0.25) is 5.91 Å². The van der Waals surface area contributed by atoms with Crippen LogP contribution in [0.4, 0.5) is 0 Å². The molecule has 0 saturated carbocycles. The molecule has 0 aliphatic carbocycles. The molecule has 0 aliphatic heterocycles. The molecule has 1 aromatic carbocycles. The smallest absolute Gasteiger partial charge is 0.221 e. The monoisotopic (exact) mass is 418 g/mol. The van der Waals surface area contributed by atoms with Crippen molar-refractivity contribution in [2.24, 2.45) is 4.99 Å². The van der Waals surface area contributed by atoms with Gasteiger partial charge in [-0.3, -0.25) is 9.79 Å². The Bertz CT molecular complexity index is 489. The highest BCUT2D eigenvalue weighted by Crippen LogP contribution is 2.05. The standard InChI is InChI=1S/C16H26N4O.HI/c1-12(2)20-15(21)9-10-18-16(17-4)19-11-14-8-6-5-7-13(14)3;/h5-8,12H,9-11H2,1-4H3,(H,20,21)(H2,17,18,19);1H. The van der Waals surface area contributed by atoms with Gasteiger partial charge in [0.25, 0.3) is 0 Å². The number of carbonyl (C=O) groups is 1. The molecule has 0 fully saturated rings. The summed E-state index contributed by atoms with van der Waals surface area (Å²) in [5, 5.41) is 9.25. The average Bonchev–Trinajstić information content (AvgIpc) is 2.43. The highest BCUT2D eigenvalue weighted by molar-refractivity contribution is 14.0. The van der Waals surface area contributed by atoms with Crippen LogP contribution in [0.2, 0.25) is 0 Å². The maximum atomic E-state index is 11.5. The Kier molecular flexibility index (Phi) is 10.6. The predicted octanol–water partition coefficient (Wildman–Crippen LogP) is 2.19. The fraction of sp³-hybridized carbons (Fsp3) is 0.500. The Hall–Kier alpha value is -1.31. The van der Waals surface area contributed by atoms with Crippen molar-refractivity contribution < 1.29 is 4.79 Å². The second kappa shape index (κ2) is 11.3. The summed E-state index contributed by atoms with van der Waals surface area (Å²) in [6, 6.07) is 8.40. The van der Waals surface area contributed by atoms with Crippen molar-refractivity contribution in [1.29, 1.82) is 0 Å². The molecule has 3 N–H and O–H groups in total. The number of aryl methyl sites for hydroxylation is 1. The molecule has 0 saturated heterocycles. The summed E-state index contributed by atoms with van der Waals surface area (Å²) >= 11 is 0. The number of hydrogen-bond donors (Lipinski definition) is 3. The summed E-state index contributed by atoms with van der Waals surface area (Å²) in [6.07, 6.45) is 0.434. The lowest BCUT2D eigenvalue weighted by Crippen LogP contribution is -2.39. The molecular formula is C16H27IN4O. The Morgan fingerprint density at radius 3 is 2.50 bits per heavy atom. The first-order chi connectivity index (χ1) is 10.0. The molecule has 1 rings (SSSR count). The Morgan fingerprint density at radius 1 is 1.23 bits per heavy atom. The van der Waals surface area contributed by atoms with Gasteiger partial charge in [0, 0.05) is 32.6 Å². The van der Waals surface area contributed by atoms with Gasteiger partial charge >= 0.3 is 0 Å². The molecule has 0 radical (unpaired) electrons. The van der Waals surface area contributed by atoms with Gasteiger partial charge in [-0.15, -0.1) is 24.0 Å². The van der Waals surface area contributed by atoms with E-state index in [9.17, 15) is 4.79 Å². The van der Waals surface area contributed by atoms with E-state index in [2.05, 4.69) is 40.0 Å². The summed E-state index contributed by atoms with van der Waals surface area (Å²) in [6.45, 7) is 7.27. The Labute approximate surface area is 150 Å². The molecule has 0 unspecified atom stereocenters. The van der Waals surface area contributed by atoms with Crippen molar-refractivity contribution in [3.8, 4) is 0 Å². The van der Waals surface area contributed by atoms with E-state index in [1.54, 1.807) is 7.05 Å². The molecule has 0 heterocycles. The largest absolute Gasteiger partial charge is 0.356 e. The van der Waals surface area contributed by atoms with Crippen LogP contribution in [-0.2, 0) is 11.3 Å². The molecule has 0 spiro atoms. The van der Waals surface area contributed by atoms with Gasteiger partial charge in [-0.1, -0.05) is 24.3 Å². The summed E-state index contributed by atoms with van der Waals surface area (Å²) in [4.78, 5) is 15.7. The number of guanidine groups is 1. The minimum Gasteiger partial charge on any atom is -0.356 e. The molecule has 1 aromatic rings. The minimum absolute atomic E-state index is 0. The number of hydrogen-bond acceptors (Lipinski definition) is 2. The zero-order valence-electron chi connectivity index (χ0n) is 13.8. The third-order valence-electron chi connectivity index (χ3n) is 3.03. The van der Waals surface area contributed by atoms with E-state index in [1.807, 2.05) is 26.0 Å². The van der Waals surface area contributed by atoms with Crippen LogP contribution in [0.15, 0.2) is 29.3 Å². The van der Waals surface area contributed by atoms with E-state index in [1.165, 1.54) is 11.1 Å². The first-order valence-electron chi connectivity index (χ1n) is 7.31. The van der Waals surface area contributed by atoms with Crippen LogP contribution in [0.5, 0.6) is 0 Å². The molecular weight excluding hydrogens is 391 g/mol. The lowest BCUT2D eigenvalue weighted by Gasteiger charge is -2.13. The molecule has 22 heavy (non-hydrogen) atoms. The fourth-order valence-corrected chi connectivity index (χ4v) is 1.90. The molecule has 0 bridgehead atoms. The zero-order valence-corrected chi connectivity index (χ0v) is 16.1. The van der Waals surface area contributed by atoms with Crippen molar-refractivity contribution in [1.82, 2.24) is 16.0 Å². The van der Waals surface area contributed by atoms with E-state index < -0.39 is 0 Å². The van der Waals surface area contributed by atoms with Gasteiger partial charge in [-0.05, 0) is 31.9 Å². The first-order valence-corrected chi connectivity index (χ1v) is 7.31. The fourth-order valence-electron chi connectivity index (χ4n) is 1.90. The summed E-state index contributed by atoms with van der Waals surface area (Å²) in [7, 11) is 1.72. The zero-order chi connectivity index (χ0) is 15.7. The molecule has 124 valence electrons. The van der Waals surface area contributed by atoms with Crippen molar-refractivity contribution in [3.05, 3.63) is 35.4 Å². The van der Waals surface area contributed by atoms with Crippen LogP contribution < -0.4 is 16.0 Å². The second-order valence-electron chi connectivity index (χ2n) is 5.25. The minimum atomic E-state index is 0. The van der Waals surface area contributed by atoms with Crippen LogP contribution in [0.3, 0.4) is 0 Å². The van der Waals surface area contributed by atoms with Gasteiger partial charge in [-0.25, -0.2) is 0 Å². The number of amides is 1. The molecule has 1 amide bonds. The number of nitrogens with zero attached hydrogens (tertiary/aromatic N) is 1. The third-order valence-corrected chi connectivity index (χ3v) is 3.03. The Morgan fingerprint density at radius 2 is 1.91 bits per heavy atom. The van der Waals surface area contributed by atoms with Crippen LogP contribution in [0.1, 0.15) is 31.4 Å². The number of rotatable bonds is 6. The van der Waals surface area contributed by atoms with E-state index in [0.29, 0.717) is 25.5 Å². The molecule has 0 atom stereocenters. The van der Waals surface area contributed by atoms with Crippen molar-refractivity contribution in [3.63, 3.8) is 0 Å². The van der Waals surface area contributed by atoms with Gasteiger partial charge in [0.15, 0.2) is 5.96 Å². The highest BCUT2D eigenvalue weighted by Gasteiger charge is 2.04. The molecule has 6 heteroatoms. The predicted molar refractivity (Wildman–Crippen MR) is 103 cm³/mol. The van der Waals surface area contributed by atoms with Crippen LogP contribution in [0.25, 0.3) is 0 Å². The van der Waals surface area contributed by atoms with Gasteiger partial charge in [0.05, 0.1) is 0 Å². The summed E-state index contributed by atoms with van der Waals surface area (Å²) in [5.74, 6) is 0.752. The highest BCUT2D eigenvalue weighted by atomic mass is 127. The summed E-state index contributed by atoms with van der Waals surface area (Å²) < 4.78 is 0. The number of aliphatic imine (C=N–C) groups is 1. The van der Waals surface area contributed by atoms with Crippen molar-refractivity contribution in [2.45, 2.75) is 39.8 Å². The number of nitrogens with one attached hydrogen (secondary N) is 3. The number of carbonyl (C=O) groups excluding carboxylic acids is 1. The van der Waals surface area contributed by atoms with Gasteiger partial charge < -0.3 is 16.0 Å². The third kappa shape index (κ3) is 8.21. The lowest BCUT2D eigenvalue weighted by molar-refractivity contribution is -0.121. The van der Waals surface area contributed by atoms with Crippen LogP contribution in [0, 0.1) is 6.92 Å².